The first-order valence-electron chi connectivity index (χ1n) is 7.16. The highest BCUT2D eigenvalue weighted by Crippen LogP contribution is 2.31. The topological polar surface area (TPSA) is 41.1 Å². The lowest BCUT2D eigenvalue weighted by atomic mass is 10.3. The van der Waals surface area contributed by atoms with Crippen molar-refractivity contribution in [3.63, 3.8) is 0 Å². The predicted octanol–water partition coefficient (Wildman–Crippen LogP) is 2.82. The number of aromatic nitrogens is 2. The molecule has 106 valence electrons. The summed E-state index contributed by atoms with van der Waals surface area (Å²) in [5.74, 6) is 0.860. The van der Waals surface area contributed by atoms with Gasteiger partial charge in [0, 0.05) is 37.1 Å². The highest BCUT2D eigenvalue weighted by molar-refractivity contribution is 7.07. The number of anilines is 1. The molecule has 0 aromatic carbocycles. The Balaban J connectivity index is 1.70. The van der Waals surface area contributed by atoms with Gasteiger partial charge in [-0.2, -0.15) is 11.3 Å². The van der Waals surface area contributed by atoms with Gasteiger partial charge in [-0.3, -0.25) is 0 Å². The molecule has 1 aliphatic rings. The summed E-state index contributed by atoms with van der Waals surface area (Å²) in [6.45, 7) is 4.82. The lowest BCUT2D eigenvalue weighted by molar-refractivity contribution is 0.714. The van der Waals surface area contributed by atoms with Crippen molar-refractivity contribution in [2.75, 3.05) is 11.4 Å². The fraction of sp³-hybridized carbons (Fsp3) is 0.467. The molecule has 0 amide bonds. The van der Waals surface area contributed by atoms with E-state index in [1.807, 2.05) is 12.4 Å². The number of hydrogen-bond acceptors (Lipinski definition) is 5. The Kier molecular flexibility index (Phi) is 4.28. The molecule has 0 spiro atoms. The average molecular weight is 288 g/mol. The fourth-order valence-electron chi connectivity index (χ4n) is 2.19. The summed E-state index contributed by atoms with van der Waals surface area (Å²) in [7, 11) is 0. The minimum absolute atomic E-state index is 0.620. The number of thiophene rings is 1. The van der Waals surface area contributed by atoms with E-state index in [1.54, 1.807) is 11.3 Å². The maximum absolute atomic E-state index is 4.55. The second kappa shape index (κ2) is 6.33. The van der Waals surface area contributed by atoms with Gasteiger partial charge in [0.15, 0.2) is 0 Å². The van der Waals surface area contributed by atoms with Gasteiger partial charge in [0.1, 0.15) is 0 Å². The second-order valence-corrected chi connectivity index (χ2v) is 5.94. The molecule has 1 saturated carbocycles. The maximum Gasteiger partial charge on any atom is 0.225 e. The zero-order valence-electron chi connectivity index (χ0n) is 11.7. The summed E-state index contributed by atoms with van der Waals surface area (Å²) in [6, 6.07) is 2.80. The molecular weight excluding hydrogens is 268 g/mol. The van der Waals surface area contributed by atoms with Gasteiger partial charge >= 0.3 is 0 Å². The first-order chi connectivity index (χ1) is 9.86. The van der Waals surface area contributed by atoms with Crippen molar-refractivity contribution >= 4 is 17.3 Å². The van der Waals surface area contributed by atoms with Crippen molar-refractivity contribution in [3.8, 4) is 0 Å². The molecule has 0 atom stereocenters. The summed E-state index contributed by atoms with van der Waals surface area (Å²) < 4.78 is 0. The van der Waals surface area contributed by atoms with Crippen LogP contribution in [0.3, 0.4) is 0 Å². The number of hydrogen-bond donors (Lipinski definition) is 1. The van der Waals surface area contributed by atoms with Crippen LogP contribution in [0.1, 0.15) is 30.9 Å². The monoisotopic (exact) mass is 288 g/mol. The third-order valence-corrected chi connectivity index (χ3v) is 4.18. The number of nitrogens with one attached hydrogen (secondary N) is 1. The number of nitrogens with zero attached hydrogens (tertiary/aromatic N) is 3. The second-order valence-electron chi connectivity index (χ2n) is 5.16. The molecule has 2 heterocycles. The third-order valence-electron chi connectivity index (χ3n) is 3.45. The lowest BCUT2D eigenvalue weighted by Gasteiger charge is -2.21. The van der Waals surface area contributed by atoms with E-state index in [0.29, 0.717) is 6.04 Å². The van der Waals surface area contributed by atoms with E-state index < -0.39 is 0 Å². The molecule has 0 saturated heterocycles. The van der Waals surface area contributed by atoms with E-state index in [0.717, 1.165) is 31.1 Å². The van der Waals surface area contributed by atoms with E-state index in [-0.39, 0.29) is 0 Å². The first kappa shape index (κ1) is 13.5. The molecule has 1 fully saturated rings. The van der Waals surface area contributed by atoms with Crippen LogP contribution < -0.4 is 10.2 Å². The molecule has 0 aliphatic heterocycles. The number of rotatable bonds is 7. The molecule has 5 heteroatoms. The van der Waals surface area contributed by atoms with Gasteiger partial charge < -0.3 is 10.2 Å². The van der Waals surface area contributed by atoms with Crippen LogP contribution in [-0.2, 0) is 13.1 Å². The minimum Gasteiger partial charge on any atom is -0.333 e. The summed E-state index contributed by atoms with van der Waals surface area (Å²) in [5.41, 5.74) is 2.49. The Morgan fingerprint density at radius 3 is 2.70 bits per heavy atom. The van der Waals surface area contributed by atoms with E-state index >= 15 is 0 Å². The molecule has 4 nitrogen and oxygen atoms in total. The van der Waals surface area contributed by atoms with Crippen LogP contribution >= 0.6 is 11.3 Å². The SMILES string of the molecule is CCNCc1cnc(N(Cc2ccsc2)C2CC2)nc1. The van der Waals surface area contributed by atoms with Crippen LogP contribution in [0.4, 0.5) is 5.95 Å². The molecule has 0 unspecified atom stereocenters. The Bertz CT molecular complexity index is 519. The van der Waals surface area contributed by atoms with Gasteiger partial charge in [-0.15, -0.1) is 0 Å². The molecule has 2 aromatic heterocycles. The van der Waals surface area contributed by atoms with E-state index in [2.05, 4.69) is 43.9 Å². The summed E-state index contributed by atoms with van der Waals surface area (Å²) >= 11 is 1.74. The van der Waals surface area contributed by atoms with Crippen LogP contribution in [0.15, 0.2) is 29.2 Å². The zero-order valence-corrected chi connectivity index (χ0v) is 12.6. The largest absolute Gasteiger partial charge is 0.333 e. The normalized spacial score (nSPS) is 14.4. The smallest absolute Gasteiger partial charge is 0.225 e. The van der Waals surface area contributed by atoms with Crippen molar-refractivity contribution in [2.24, 2.45) is 0 Å². The summed E-state index contributed by atoms with van der Waals surface area (Å²) in [5, 5.41) is 7.62. The zero-order chi connectivity index (χ0) is 13.8. The van der Waals surface area contributed by atoms with Gasteiger partial charge in [0.2, 0.25) is 5.95 Å². The van der Waals surface area contributed by atoms with Crippen molar-refractivity contribution < 1.29 is 0 Å². The van der Waals surface area contributed by atoms with Gasteiger partial charge in [0.05, 0.1) is 0 Å². The van der Waals surface area contributed by atoms with E-state index in [4.69, 9.17) is 0 Å². The maximum atomic E-state index is 4.55. The standard InChI is InChI=1S/C15H20N4S/c1-2-16-7-13-8-17-15(18-9-13)19(14-3-4-14)10-12-5-6-20-11-12/h5-6,8-9,11,14,16H,2-4,7,10H2,1H3. The average Bonchev–Trinajstić information content (AvgIpc) is 3.20. The summed E-state index contributed by atoms with van der Waals surface area (Å²) in [4.78, 5) is 11.4. The van der Waals surface area contributed by atoms with Crippen molar-refractivity contribution in [3.05, 3.63) is 40.3 Å². The molecule has 0 radical (unpaired) electrons. The van der Waals surface area contributed by atoms with Crippen molar-refractivity contribution in [1.82, 2.24) is 15.3 Å². The molecule has 3 rings (SSSR count). The Morgan fingerprint density at radius 2 is 2.10 bits per heavy atom. The quantitative estimate of drug-likeness (QED) is 0.850. The highest BCUT2D eigenvalue weighted by Gasteiger charge is 2.30. The van der Waals surface area contributed by atoms with E-state index in [9.17, 15) is 0 Å². The predicted molar refractivity (Wildman–Crippen MR) is 82.9 cm³/mol. The van der Waals surface area contributed by atoms with Gasteiger partial charge in [-0.25, -0.2) is 9.97 Å². The van der Waals surface area contributed by atoms with Gasteiger partial charge in [-0.1, -0.05) is 6.92 Å². The molecule has 1 N–H and O–H groups in total. The van der Waals surface area contributed by atoms with Gasteiger partial charge in [-0.05, 0) is 41.8 Å². The van der Waals surface area contributed by atoms with Gasteiger partial charge in [0.25, 0.3) is 0 Å². The minimum atomic E-state index is 0.620. The van der Waals surface area contributed by atoms with Crippen molar-refractivity contribution in [1.29, 1.82) is 0 Å². The Hall–Kier alpha value is -1.46. The van der Waals surface area contributed by atoms with Crippen molar-refractivity contribution in [2.45, 2.75) is 38.9 Å². The van der Waals surface area contributed by atoms with Crippen LogP contribution in [0, 0.1) is 0 Å². The van der Waals surface area contributed by atoms with Crippen LogP contribution in [0.5, 0.6) is 0 Å². The molecular formula is C15H20N4S. The molecule has 1 aliphatic carbocycles. The summed E-state index contributed by atoms with van der Waals surface area (Å²) in [6.07, 6.45) is 6.39. The Labute approximate surface area is 123 Å². The molecule has 2 aromatic rings. The molecule has 0 bridgehead atoms. The molecule has 20 heavy (non-hydrogen) atoms. The van der Waals surface area contributed by atoms with Crippen LogP contribution in [-0.4, -0.2) is 22.6 Å². The highest BCUT2D eigenvalue weighted by atomic mass is 32.1. The van der Waals surface area contributed by atoms with E-state index in [1.165, 1.54) is 18.4 Å². The Morgan fingerprint density at radius 1 is 1.30 bits per heavy atom. The fourth-order valence-corrected chi connectivity index (χ4v) is 2.85. The van der Waals surface area contributed by atoms with Crippen LogP contribution in [0.25, 0.3) is 0 Å². The first-order valence-corrected chi connectivity index (χ1v) is 8.10. The lowest BCUT2D eigenvalue weighted by Crippen LogP contribution is -2.27. The third kappa shape index (κ3) is 3.35. The van der Waals surface area contributed by atoms with Crippen LogP contribution in [0.2, 0.25) is 0 Å².